The van der Waals surface area contributed by atoms with Gasteiger partial charge in [-0.1, -0.05) is 0 Å². The maximum atomic E-state index is 12.8. The van der Waals surface area contributed by atoms with E-state index in [0.29, 0.717) is 0 Å². The van der Waals surface area contributed by atoms with Gasteiger partial charge in [0.15, 0.2) is 29.3 Å². The van der Waals surface area contributed by atoms with Crippen LogP contribution in [0.5, 0.6) is 0 Å². The zero-order valence-electron chi connectivity index (χ0n) is 21.5. The number of phosphoric ester groups is 1. The summed E-state index contributed by atoms with van der Waals surface area (Å²) in [5.74, 6) is -5.46. The first-order valence-corrected chi connectivity index (χ1v) is 13.3. The number of aromatic nitrogens is 4. The van der Waals surface area contributed by atoms with E-state index in [1.165, 1.54) is 18.4 Å². The van der Waals surface area contributed by atoms with Gasteiger partial charge in [-0.3, -0.25) is 23.7 Å². The van der Waals surface area contributed by atoms with Crippen molar-refractivity contribution in [2.45, 2.75) is 38.4 Å². The lowest BCUT2D eigenvalue weighted by Crippen LogP contribution is -2.43. The zero-order chi connectivity index (χ0) is 30.6. The summed E-state index contributed by atoms with van der Waals surface area (Å²) in [5, 5.41) is 2.24. The van der Waals surface area contributed by atoms with E-state index in [2.05, 4.69) is 39.3 Å². The second-order valence-electron chi connectivity index (χ2n) is 8.11. The molecule has 22 heteroatoms. The van der Waals surface area contributed by atoms with E-state index >= 15 is 0 Å². The van der Waals surface area contributed by atoms with Crippen molar-refractivity contribution in [2.75, 3.05) is 25.1 Å². The highest BCUT2D eigenvalue weighted by Crippen LogP contribution is 2.53. The molecule has 5 unspecified atom stereocenters. The summed E-state index contributed by atoms with van der Waals surface area (Å²) < 4.78 is 43.7. The van der Waals surface area contributed by atoms with Crippen molar-refractivity contribution in [3.8, 4) is 0 Å². The molecule has 21 nitrogen and oxygen atoms in total. The molecule has 0 aromatic carbocycles. The SMILES string of the molecule is CCOC(=O)C(=[N+]=[N-])C(=O)Nc1ncnc2c1ncn2C1OC2COP(=O)(O)OC2C1OC(=O)C(=[N+]=[N-])C(=O)OCC. The predicted molar refractivity (Wildman–Crippen MR) is 129 cm³/mol. The molecule has 5 atom stereocenters. The lowest BCUT2D eigenvalue weighted by Gasteiger charge is -2.29. The minimum atomic E-state index is -4.61. The van der Waals surface area contributed by atoms with Gasteiger partial charge in [0.1, 0.15) is 18.5 Å². The number of carbonyl (C=O) groups is 4. The van der Waals surface area contributed by atoms with Crippen LogP contribution in [0.25, 0.3) is 22.2 Å². The van der Waals surface area contributed by atoms with Gasteiger partial charge in [-0.15, -0.1) is 0 Å². The Morgan fingerprint density at radius 3 is 2.40 bits per heavy atom. The number of imidazole rings is 1. The molecule has 4 rings (SSSR count). The second-order valence-corrected chi connectivity index (χ2v) is 9.51. The van der Waals surface area contributed by atoms with Crippen LogP contribution in [0.2, 0.25) is 0 Å². The summed E-state index contributed by atoms with van der Waals surface area (Å²) >= 11 is 0. The number of nitrogens with one attached hydrogen (secondary N) is 1. The first-order valence-electron chi connectivity index (χ1n) is 11.8. The normalized spacial score (nSPS) is 24.5. The van der Waals surface area contributed by atoms with Crippen molar-refractivity contribution < 1.29 is 66.2 Å². The molecular weight excluding hydrogens is 589 g/mol. The van der Waals surface area contributed by atoms with Crippen molar-refractivity contribution in [1.29, 1.82) is 0 Å². The number of hydrogen-bond donors (Lipinski definition) is 2. The van der Waals surface area contributed by atoms with E-state index in [1.807, 2.05) is 0 Å². The number of fused-ring (bicyclic) bond motifs is 2. The summed E-state index contributed by atoms with van der Waals surface area (Å²) in [6, 6.07) is 0. The fourth-order valence-corrected chi connectivity index (χ4v) is 4.85. The van der Waals surface area contributed by atoms with Crippen LogP contribution in [0.4, 0.5) is 5.82 Å². The molecule has 0 aliphatic carbocycles. The average Bonchev–Trinajstić information content (AvgIpc) is 3.51. The molecule has 2 aromatic heterocycles. The van der Waals surface area contributed by atoms with Gasteiger partial charge in [-0.05, 0) is 13.8 Å². The van der Waals surface area contributed by atoms with Crippen LogP contribution in [0, 0.1) is 0 Å². The van der Waals surface area contributed by atoms with E-state index in [-0.39, 0.29) is 30.2 Å². The second kappa shape index (κ2) is 12.4. The molecular formula is C20H20N9O12P. The largest absolute Gasteiger partial charge is 0.482 e. The first kappa shape index (κ1) is 30.2. The Morgan fingerprint density at radius 1 is 1.10 bits per heavy atom. The Balaban J connectivity index is 1.69. The molecule has 222 valence electrons. The number of esters is 3. The molecule has 2 saturated heterocycles. The highest BCUT2D eigenvalue weighted by molar-refractivity contribution is 7.47. The van der Waals surface area contributed by atoms with E-state index in [0.717, 1.165) is 12.7 Å². The summed E-state index contributed by atoms with van der Waals surface area (Å²) in [6.45, 7) is 2.18. The maximum Gasteiger partial charge on any atom is 0.482 e. The number of carbonyl (C=O) groups excluding carboxylic acids is 4. The fraction of sp³-hybridized carbons (Fsp3) is 0.450. The Bertz CT molecular complexity index is 1600. The Labute approximate surface area is 233 Å². The predicted octanol–water partition coefficient (Wildman–Crippen LogP) is -1.44. The van der Waals surface area contributed by atoms with Crippen molar-refractivity contribution in [3.05, 3.63) is 23.7 Å². The van der Waals surface area contributed by atoms with Crippen molar-refractivity contribution in [2.24, 2.45) is 0 Å². The van der Waals surface area contributed by atoms with Crippen molar-refractivity contribution >= 4 is 60.0 Å². The smallest absolute Gasteiger partial charge is 0.457 e. The van der Waals surface area contributed by atoms with Crippen LogP contribution in [-0.4, -0.2) is 107 Å². The number of ether oxygens (including phenoxy) is 4. The van der Waals surface area contributed by atoms with Crippen LogP contribution in [-0.2, 0) is 51.7 Å². The van der Waals surface area contributed by atoms with Gasteiger partial charge in [-0.25, -0.2) is 33.9 Å². The Hall–Kier alpha value is -4.74. The summed E-state index contributed by atoms with van der Waals surface area (Å²) in [6.07, 6.45) is -3.43. The summed E-state index contributed by atoms with van der Waals surface area (Å²) in [7, 11) is -4.61. The average molecular weight is 609 g/mol. The van der Waals surface area contributed by atoms with Crippen molar-refractivity contribution in [3.63, 3.8) is 0 Å². The first-order chi connectivity index (χ1) is 20.0. The fourth-order valence-electron chi connectivity index (χ4n) is 3.89. The molecule has 2 N–H and O–H groups in total. The van der Waals surface area contributed by atoms with Gasteiger partial charge in [0.05, 0.1) is 26.1 Å². The summed E-state index contributed by atoms with van der Waals surface area (Å²) in [4.78, 5) is 76.5. The third kappa shape index (κ3) is 5.97. The highest BCUT2D eigenvalue weighted by atomic mass is 31.2. The number of anilines is 1. The molecule has 42 heavy (non-hydrogen) atoms. The standard InChI is InChI=1S/C20H20N9O12P/c1-3-36-18(31)10(27-21)16(30)26-14-9-15(24-6-23-14)29(7-25-9)17-13(12-8(39-17)5-38-42(34,35)41-12)40-20(33)11(28-22)19(32)37-4-2/h6-8,12-13,17H,3-5H2,1-2H3,(H,34,35)(H,23,24,26,30). The molecule has 0 spiro atoms. The third-order valence-corrected chi connectivity index (χ3v) is 6.58. The molecule has 2 fully saturated rings. The number of rotatable bonds is 9. The van der Waals surface area contributed by atoms with Gasteiger partial charge >= 0.3 is 43.1 Å². The van der Waals surface area contributed by atoms with Gasteiger partial charge in [0, 0.05) is 0 Å². The van der Waals surface area contributed by atoms with Crippen LogP contribution in [0.3, 0.4) is 0 Å². The molecule has 2 aliphatic heterocycles. The third-order valence-electron chi connectivity index (χ3n) is 5.60. The van der Waals surface area contributed by atoms with E-state index in [1.54, 1.807) is 0 Å². The van der Waals surface area contributed by atoms with Gasteiger partial charge in [-0.2, -0.15) is 9.58 Å². The molecule has 4 heterocycles. The van der Waals surface area contributed by atoms with Gasteiger partial charge < -0.3 is 34.9 Å². The monoisotopic (exact) mass is 609 g/mol. The van der Waals surface area contributed by atoms with Gasteiger partial charge in [0.25, 0.3) is 0 Å². The van der Waals surface area contributed by atoms with Crippen molar-refractivity contribution in [1.82, 2.24) is 19.5 Å². The number of phosphoric acid groups is 1. The minimum Gasteiger partial charge on any atom is -0.457 e. The van der Waals surface area contributed by atoms with E-state index < -0.39 is 74.2 Å². The maximum absolute atomic E-state index is 12.8. The van der Waals surface area contributed by atoms with E-state index in [9.17, 15) is 34.2 Å². The quantitative estimate of drug-likeness (QED) is 0.0625. The number of nitrogens with zero attached hydrogens (tertiary/aromatic N) is 8. The Morgan fingerprint density at radius 2 is 1.76 bits per heavy atom. The van der Waals surface area contributed by atoms with Crippen LogP contribution >= 0.6 is 7.82 Å². The lowest BCUT2D eigenvalue weighted by atomic mass is 10.1. The number of hydrogen-bond acceptors (Lipinski definition) is 14. The molecule has 0 radical (unpaired) electrons. The topological polar surface area (TPSA) is 289 Å². The lowest BCUT2D eigenvalue weighted by molar-refractivity contribution is -0.158. The van der Waals surface area contributed by atoms with Gasteiger partial charge in [0.2, 0.25) is 0 Å². The molecule has 0 saturated carbocycles. The number of amides is 1. The van der Waals surface area contributed by atoms with Crippen LogP contribution in [0.15, 0.2) is 12.7 Å². The molecule has 2 aromatic rings. The molecule has 1 amide bonds. The molecule has 0 bridgehead atoms. The minimum absolute atomic E-state index is 0.0573. The van der Waals surface area contributed by atoms with E-state index in [4.69, 9.17) is 24.1 Å². The molecule has 2 aliphatic rings. The highest BCUT2D eigenvalue weighted by Gasteiger charge is 2.56. The van der Waals surface area contributed by atoms with Crippen LogP contribution in [0.1, 0.15) is 20.1 Å². The summed E-state index contributed by atoms with van der Waals surface area (Å²) in [5.41, 5.74) is 16.0. The zero-order valence-corrected chi connectivity index (χ0v) is 22.4. The Kier molecular flexibility index (Phi) is 8.93. The van der Waals surface area contributed by atoms with Crippen LogP contribution < -0.4 is 5.32 Å².